The quantitative estimate of drug-likeness (QED) is 0.555. The number of amides is 2. The number of hydrogen-bond donors (Lipinski definition) is 2. The number of nitrogens with zero attached hydrogens (tertiary/aromatic N) is 1. The normalized spacial score (nSPS) is 16.3. The van der Waals surface area contributed by atoms with Crippen LogP contribution < -0.4 is 15.5 Å². The largest absolute Gasteiger partial charge is 0.484 e. The van der Waals surface area contributed by atoms with E-state index in [1.165, 1.54) is 6.21 Å². The summed E-state index contributed by atoms with van der Waals surface area (Å²) in [4.78, 5) is 23.6. The van der Waals surface area contributed by atoms with Crippen molar-refractivity contribution in [1.82, 2.24) is 10.7 Å². The number of ether oxygens (including phenoxy) is 3. The third-order valence-corrected chi connectivity index (χ3v) is 3.55. The van der Waals surface area contributed by atoms with Crippen LogP contribution in [0, 0.1) is 0 Å². The number of carbonyl (C=O) groups is 2. The summed E-state index contributed by atoms with van der Waals surface area (Å²) in [5.41, 5.74) is 2.93. The van der Waals surface area contributed by atoms with Crippen molar-refractivity contribution in [1.29, 1.82) is 0 Å². The SMILES string of the molecule is CC(C)(C)NC(=O)COc1ccc(/C=N\NC(=O)CC2(C)OCCO2)cc1. The molecule has 0 aliphatic carbocycles. The number of hydrogen-bond acceptors (Lipinski definition) is 6. The Balaban J connectivity index is 1.75. The molecule has 0 radical (unpaired) electrons. The minimum atomic E-state index is -0.877. The third kappa shape index (κ3) is 7.76. The predicted octanol–water partition coefficient (Wildman–Crippen LogP) is 1.58. The highest BCUT2D eigenvalue weighted by molar-refractivity contribution is 5.83. The lowest BCUT2D eigenvalue weighted by atomic mass is 10.1. The van der Waals surface area contributed by atoms with Crippen molar-refractivity contribution < 1.29 is 23.8 Å². The average molecular weight is 377 g/mol. The number of carbonyl (C=O) groups excluding carboxylic acids is 2. The van der Waals surface area contributed by atoms with Gasteiger partial charge in [-0.05, 0) is 57.5 Å². The van der Waals surface area contributed by atoms with Crippen molar-refractivity contribution in [2.24, 2.45) is 5.10 Å². The summed E-state index contributed by atoms with van der Waals surface area (Å²) in [5.74, 6) is -0.776. The Bertz CT molecular complexity index is 674. The van der Waals surface area contributed by atoms with Crippen molar-refractivity contribution in [3.8, 4) is 5.75 Å². The number of nitrogens with one attached hydrogen (secondary N) is 2. The molecule has 2 N–H and O–H groups in total. The van der Waals surface area contributed by atoms with E-state index in [1.807, 2.05) is 20.8 Å². The Morgan fingerprint density at radius 2 is 1.81 bits per heavy atom. The molecule has 27 heavy (non-hydrogen) atoms. The molecule has 8 heteroatoms. The molecule has 0 aromatic heterocycles. The van der Waals surface area contributed by atoms with Gasteiger partial charge in [0.05, 0.1) is 25.8 Å². The van der Waals surface area contributed by atoms with Gasteiger partial charge in [0.2, 0.25) is 5.91 Å². The van der Waals surface area contributed by atoms with Crippen molar-refractivity contribution in [3.63, 3.8) is 0 Å². The Labute approximate surface area is 159 Å². The summed E-state index contributed by atoms with van der Waals surface area (Å²) in [5, 5.41) is 6.74. The predicted molar refractivity (Wildman–Crippen MR) is 100 cm³/mol. The first kappa shape index (κ1) is 20.9. The highest BCUT2D eigenvalue weighted by atomic mass is 16.7. The van der Waals surface area contributed by atoms with E-state index in [2.05, 4.69) is 15.8 Å². The van der Waals surface area contributed by atoms with Gasteiger partial charge in [0.1, 0.15) is 5.75 Å². The molecule has 1 fully saturated rings. The Kier molecular flexibility index (Phi) is 6.92. The molecule has 1 heterocycles. The fourth-order valence-electron chi connectivity index (χ4n) is 2.42. The van der Waals surface area contributed by atoms with Crippen molar-refractivity contribution in [2.75, 3.05) is 19.8 Å². The van der Waals surface area contributed by atoms with E-state index in [9.17, 15) is 9.59 Å². The molecule has 0 saturated carbocycles. The summed E-state index contributed by atoms with van der Waals surface area (Å²) in [7, 11) is 0. The van der Waals surface area contributed by atoms with Crippen LogP contribution >= 0.6 is 0 Å². The molecule has 1 aliphatic heterocycles. The molecule has 1 aromatic carbocycles. The van der Waals surface area contributed by atoms with Crippen molar-refractivity contribution in [3.05, 3.63) is 29.8 Å². The molecule has 148 valence electrons. The standard InChI is InChI=1S/C19H27N3O5/c1-18(2,3)21-17(24)13-25-15-7-5-14(6-8-15)12-20-22-16(23)11-19(4)26-9-10-27-19/h5-8,12H,9-11,13H2,1-4H3,(H,21,24)(H,22,23)/b20-12-. The second-order valence-electron chi connectivity index (χ2n) is 7.46. The average Bonchev–Trinajstić information content (AvgIpc) is 2.98. The van der Waals surface area contributed by atoms with E-state index < -0.39 is 5.79 Å². The van der Waals surface area contributed by atoms with Gasteiger partial charge in [0, 0.05) is 5.54 Å². The zero-order valence-corrected chi connectivity index (χ0v) is 16.2. The fourth-order valence-corrected chi connectivity index (χ4v) is 2.42. The van der Waals surface area contributed by atoms with E-state index in [4.69, 9.17) is 14.2 Å². The molecule has 2 rings (SSSR count). The second kappa shape index (κ2) is 8.96. The smallest absolute Gasteiger partial charge is 0.258 e. The Morgan fingerprint density at radius 3 is 2.41 bits per heavy atom. The molecule has 0 bridgehead atoms. The Morgan fingerprint density at radius 1 is 1.19 bits per heavy atom. The number of benzene rings is 1. The van der Waals surface area contributed by atoms with Gasteiger partial charge >= 0.3 is 0 Å². The maximum absolute atomic E-state index is 11.9. The van der Waals surface area contributed by atoms with Gasteiger partial charge in [-0.15, -0.1) is 0 Å². The van der Waals surface area contributed by atoms with Crippen molar-refractivity contribution in [2.45, 2.75) is 45.4 Å². The summed E-state index contributed by atoms with van der Waals surface area (Å²) >= 11 is 0. The lowest BCUT2D eigenvalue weighted by molar-refractivity contribution is -0.159. The first-order valence-corrected chi connectivity index (χ1v) is 8.79. The topological polar surface area (TPSA) is 98.2 Å². The summed E-state index contributed by atoms with van der Waals surface area (Å²) in [6.07, 6.45) is 1.60. The van der Waals surface area contributed by atoms with Crippen LogP contribution in [0.1, 0.15) is 39.7 Å². The van der Waals surface area contributed by atoms with Crippen LogP contribution in [0.2, 0.25) is 0 Å². The van der Waals surface area contributed by atoms with Gasteiger partial charge in [-0.1, -0.05) is 0 Å². The highest BCUT2D eigenvalue weighted by Gasteiger charge is 2.33. The maximum atomic E-state index is 11.9. The molecule has 0 unspecified atom stereocenters. The van der Waals surface area contributed by atoms with Crippen LogP contribution in [-0.2, 0) is 19.1 Å². The van der Waals surface area contributed by atoms with Gasteiger partial charge in [-0.3, -0.25) is 9.59 Å². The van der Waals surface area contributed by atoms with Gasteiger partial charge in [0.15, 0.2) is 12.4 Å². The molecular formula is C19H27N3O5. The monoisotopic (exact) mass is 377 g/mol. The highest BCUT2D eigenvalue weighted by Crippen LogP contribution is 2.22. The molecule has 0 atom stereocenters. The lowest BCUT2D eigenvalue weighted by Crippen LogP contribution is -2.43. The summed E-state index contributed by atoms with van der Waals surface area (Å²) < 4.78 is 16.2. The van der Waals surface area contributed by atoms with Crippen molar-refractivity contribution >= 4 is 18.0 Å². The molecular weight excluding hydrogens is 350 g/mol. The summed E-state index contributed by atoms with van der Waals surface area (Å²) in [6.45, 7) is 8.37. The van der Waals surface area contributed by atoms with Gasteiger partial charge in [0.25, 0.3) is 5.91 Å². The van der Waals surface area contributed by atoms with E-state index in [1.54, 1.807) is 31.2 Å². The summed E-state index contributed by atoms with van der Waals surface area (Å²) in [6, 6.07) is 7.01. The molecule has 2 amide bonds. The molecule has 1 aromatic rings. The van der Waals surface area contributed by atoms with Crippen LogP contribution in [0.25, 0.3) is 0 Å². The number of rotatable bonds is 7. The molecule has 1 saturated heterocycles. The van der Waals surface area contributed by atoms with E-state index >= 15 is 0 Å². The first-order chi connectivity index (χ1) is 12.7. The van der Waals surface area contributed by atoms with Crippen LogP contribution in [0.4, 0.5) is 0 Å². The van der Waals surface area contributed by atoms with Crippen LogP contribution in [0.15, 0.2) is 29.4 Å². The van der Waals surface area contributed by atoms with Crippen LogP contribution in [-0.4, -0.2) is 49.2 Å². The fraction of sp³-hybridized carbons (Fsp3) is 0.526. The second-order valence-corrected chi connectivity index (χ2v) is 7.46. The first-order valence-electron chi connectivity index (χ1n) is 8.79. The van der Waals surface area contributed by atoms with E-state index in [0.717, 1.165) is 5.56 Å². The zero-order valence-electron chi connectivity index (χ0n) is 16.2. The zero-order chi connectivity index (χ0) is 19.9. The van der Waals surface area contributed by atoms with Gasteiger partial charge < -0.3 is 19.5 Å². The van der Waals surface area contributed by atoms with E-state index in [0.29, 0.717) is 19.0 Å². The van der Waals surface area contributed by atoms with Gasteiger partial charge in [-0.2, -0.15) is 5.10 Å². The third-order valence-electron chi connectivity index (χ3n) is 3.55. The minimum absolute atomic E-state index is 0.0519. The molecule has 0 spiro atoms. The number of hydrazone groups is 1. The minimum Gasteiger partial charge on any atom is -0.484 e. The Hall–Kier alpha value is -2.45. The molecule has 8 nitrogen and oxygen atoms in total. The van der Waals surface area contributed by atoms with E-state index in [-0.39, 0.29) is 30.4 Å². The molecule has 1 aliphatic rings. The lowest BCUT2D eigenvalue weighted by Gasteiger charge is -2.20. The van der Waals surface area contributed by atoms with Crippen LogP contribution in [0.5, 0.6) is 5.75 Å². The van der Waals surface area contributed by atoms with Crippen LogP contribution in [0.3, 0.4) is 0 Å². The van der Waals surface area contributed by atoms with Gasteiger partial charge in [-0.25, -0.2) is 5.43 Å². The maximum Gasteiger partial charge on any atom is 0.258 e.